The molecule has 0 saturated carbocycles. The molecule has 1 amide bonds. The minimum Gasteiger partial charge on any atom is -0.470 e. The smallest absolute Gasteiger partial charge is 0.278 e. The first-order chi connectivity index (χ1) is 13.7. The van der Waals surface area contributed by atoms with Gasteiger partial charge >= 0.3 is 0 Å². The van der Waals surface area contributed by atoms with E-state index in [1.807, 2.05) is 0 Å². The summed E-state index contributed by atoms with van der Waals surface area (Å²) in [5.41, 5.74) is 1.59. The summed E-state index contributed by atoms with van der Waals surface area (Å²) in [6.45, 7) is 0.811. The van der Waals surface area contributed by atoms with E-state index in [-0.39, 0.29) is 24.2 Å². The van der Waals surface area contributed by atoms with Crippen molar-refractivity contribution in [3.63, 3.8) is 0 Å². The van der Waals surface area contributed by atoms with Crippen LogP contribution in [0.4, 0.5) is 0 Å². The van der Waals surface area contributed by atoms with Crippen molar-refractivity contribution in [1.82, 2.24) is 19.9 Å². The number of carbonyl (C=O) groups excluding carboxylic acids is 1. The molecular weight excluding hydrogens is 358 g/mol. The number of nitrogens with zero attached hydrogens (tertiary/aromatic N) is 5. The molecule has 8 nitrogen and oxygen atoms in total. The fourth-order valence-electron chi connectivity index (χ4n) is 3.79. The average Bonchev–Trinajstić information content (AvgIpc) is 3.19. The molecule has 3 heterocycles. The molecule has 0 spiro atoms. The second-order valence-electron chi connectivity index (χ2n) is 6.90. The Balaban J connectivity index is 1.60. The number of carbonyl (C=O) groups is 1. The van der Waals surface area contributed by atoms with Crippen LogP contribution in [0.3, 0.4) is 0 Å². The molecule has 1 fully saturated rings. The fourth-order valence-corrected chi connectivity index (χ4v) is 3.79. The van der Waals surface area contributed by atoms with Gasteiger partial charge < -0.3 is 9.64 Å². The highest BCUT2D eigenvalue weighted by Crippen LogP contribution is 2.34. The number of amides is 1. The number of hydrogen-bond donors (Lipinski definition) is 0. The van der Waals surface area contributed by atoms with Gasteiger partial charge in [0.25, 0.3) is 11.5 Å². The van der Waals surface area contributed by atoms with Crippen molar-refractivity contribution in [3.05, 3.63) is 63.4 Å². The zero-order valence-corrected chi connectivity index (χ0v) is 14.8. The van der Waals surface area contributed by atoms with Gasteiger partial charge in [-0.1, -0.05) is 23.4 Å². The van der Waals surface area contributed by atoms with Crippen molar-refractivity contribution in [2.24, 2.45) is 0 Å². The van der Waals surface area contributed by atoms with Crippen LogP contribution in [-0.2, 0) is 6.54 Å². The van der Waals surface area contributed by atoms with Crippen LogP contribution in [0.15, 0.2) is 41.2 Å². The summed E-state index contributed by atoms with van der Waals surface area (Å²) in [5, 5.41) is 17.7. The van der Waals surface area contributed by atoms with E-state index in [0.717, 1.165) is 12.8 Å². The van der Waals surface area contributed by atoms with Gasteiger partial charge in [-0.25, -0.2) is 4.68 Å². The third-order valence-corrected chi connectivity index (χ3v) is 5.23. The number of ether oxygens (including phenoxy) is 1. The van der Waals surface area contributed by atoms with Crippen LogP contribution >= 0.6 is 0 Å². The Morgan fingerprint density at radius 3 is 2.96 bits per heavy atom. The number of aromatic nitrogens is 3. The number of nitriles is 1. The Hall–Kier alpha value is -3.73. The first-order valence-electron chi connectivity index (χ1n) is 9.03. The minimum atomic E-state index is -0.342. The van der Waals surface area contributed by atoms with Crippen LogP contribution < -0.4 is 10.3 Å². The average molecular weight is 373 g/mol. The van der Waals surface area contributed by atoms with E-state index in [0.29, 0.717) is 39.9 Å². The van der Waals surface area contributed by atoms with Gasteiger partial charge in [0.05, 0.1) is 29.1 Å². The topological polar surface area (TPSA) is 101 Å². The van der Waals surface area contributed by atoms with Crippen molar-refractivity contribution in [1.29, 1.82) is 5.26 Å². The highest BCUT2D eigenvalue weighted by atomic mass is 16.5. The number of benzene rings is 2. The van der Waals surface area contributed by atoms with Gasteiger partial charge in [-0.15, -0.1) is 5.10 Å². The Kier molecular flexibility index (Phi) is 3.62. The molecule has 1 saturated heterocycles. The van der Waals surface area contributed by atoms with Gasteiger partial charge in [0.15, 0.2) is 6.23 Å². The zero-order chi connectivity index (χ0) is 19.3. The van der Waals surface area contributed by atoms with Gasteiger partial charge in [-0.05, 0) is 30.2 Å². The lowest BCUT2D eigenvalue weighted by molar-refractivity contribution is 0.0295. The van der Waals surface area contributed by atoms with Crippen LogP contribution in [-0.4, -0.2) is 38.6 Å². The van der Waals surface area contributed by atoms with Crippen LogP contribution in [0.1, 0.15) is 34.3 Å². The summed E-state index contributed by atoms with van der Waals surface area (Å²) in [5.74, 6) is 0.314. The minimum absolute atomic E-state index is 0.0976. The zero-order valence-electron chi connectivity index (χ0n) is 14.8. The van der Waals surface area contributed by atoms with Gasteiger partial charge in [-0.2, -0.15) is 5.26 Å². The van der Waals surface area contributed by atoms with Crippen LogP contribution in [0.25, 0.3) is 10.9 Å². The van der Waals surface area contributed by atoms with Gasteiger partial charge in [-0.3, -0.25) is 9.59 Å². The largest absolute Gasteiger partial charge is 0.470 e. The second-order valence-corrected chi connectivity index (χ2v) is 6.90. The molecule has 2 aromatic carbocycles. The summed E-state index contributed by atoms with van der Waals surface area (Å²) < 4.78 is 7.17. The summed E-state index contributed by atoms with van der Waals surface area (Å²) >= 11 is 0. The maximum atomic E-state index is 13.0. The molecule has 138 valence electrons. The maximum absolute atomic E-state index is 13.0. The summed E-state index contributed by atoms with van der Waals surface area (Å²) in [6, 6.07) is 12.3. The Morgan fingerprint density at radius 2 is 2.11 bits per heavy atom. The number of hydrogen-bond acceptors (Lipinski definition) is 6. The standard InChI is InChI=1S/C20H15N5O3/c21-10-12-4-1-2-5-13(12)11-25-20(27)14-9-17-15(8-16(14)22-23-25)19(26)24-7-3-6-18(24)28-17/h1-2,4-5,8-9,18H,3,6-7,11H2. The monoisotopic (exact) mass is 373 g/mol. The van der Waals surface area contributed by atoms with Gasteiger partial charge in [0, 0.05) is 13.0 Å². The van der Waals surface area contributed by atoms with E-state index >= 15 is 0 Å². The van der Waals surface area contributed by atoms with Crippen molar-refractivity contribution in [3.8, 4) is 11.8 Å². The molecule has 0 N–H and O–H groups in total. The van der Waals surface area contributed by atoms with Crippen LogP contribution in [0.5, 0.6) is 5.75 Å². The quantitative estimate of drug-likeness (QED) is 0.677. The maximum Gasteiger partial charge on any atom is 0.278 e. The lowest BCUT2D eigenvalue weighted by atomic mass is 10.1. The lowest BCUT2D eigenvalue weighted by Crippen LogP contribution is -2.43. The molecule has 5 rings (SSSR count). The number of rotatable bonds is 2. The summed E-state index contributed by atoms with van der Waals surface area (Å²) in [4.78, 5) is 27.4. The lowest BCUT2D eigenvalue weighted by Gasteiger charge is -2.31. The Bertz CT molecular complexity index is 1230. The molecule has 0 aliphatic carbocycles. The van der Waals surface area contributed by atoms with Crippen molar-refractivity contribution < 1.29 is 9.53 Å². The van der Waals surface area contributed by atoms with Crippen molar-refractivity contribution in [2.45, 2.75) is 25.6 Å². The predicted molar refractivity (Wildman–Crippen MR) is 98.7 cm³/mol. The molecule has 1 aromatic heterocycles. The first-order valence-corrected chi connectivity index (χ1v) is 9.03. The van der Waals surface area contributed by atoms with E-state index in [1.54, 1.807) is 41.3 Å². The van der Waals surface area contributed by atoms with E-state index in [2.05, 4.69) is 16.4 Å². The highest BCUT2D eigenvalue weighted by molar-refractivity contribution is 6.01. The van der Waals surface area contributed by atoms with Crippen LogP contribution in [0.2, 0.25) is 0 Å². The van der Waals surface area contributed by atoms with Crippen molar-refractivity contribution >= 4 is 16.8 Å². The van der Waals surface area contributed by atoms with E-state index in [4.69, 9.17) is 4.74 Å². The molecule has 2 aliphatic rings. The van der Waals surface area contributed by atoms with Gasteiger partial charge in [0.1, 0.15) is 11.3 Å². The first kappa shape index (κ1) is 16.4. The third-order valence-electron chi connectivity index (χ3n) is 5.23. The normalized spacial score (nSPS) is 17.8. The predicted octanol–water partition coefficient (Wildman–Crippen LogP) is 1.67. The van der Waals surface area contributed by atoms with Gasteiger partial charge in [0.2, 0.25) is 0 Å². The fraction of sp³-hybridized carbons (Fsp3) is 0.250. The van der Waals surface area contributed by atoms with E-state index in [1.165, 1.54) is 4.68 Å². The summed E-state index contributed by atoms with van der Waals surface area (Å²) in [7, 11) is 0. The molecule has 2 aliphatic heterocycles. The molecule has 0 radical (unpaired) electrons. The van der Waals surface area contributed by atoms with Crippen LogP contribution in [0, 0.1) is 11.3 Å². The highest BCUT2D eigenvalue weighted by Gasteiger charge is 2.37. The van der Waals surface area contributed by atoms with E-state index in [9.17, 15) is 14.9 Å². The molecule has 28 heavy (non-hydrogen) atoms. The molecule has 1 unspecified atom stereocenters. The molecule has 1 atom stereocenters. The molecule has 0 bridgehead atoms. The second kappa shape index (κ2) is 6.16. The van der Waals surface area contributed by atoms with E-state index < -0.39 is 0 Å². The number of fused-ring (bicyclic) bond motifs is 3. The Morgan fingerprint density at radius 1 is 1.25 bits per heavy atom. The molecule has 8 heteroatoms. The third kappa shape index (κ3) is 2.44. The summed E-state index contributed by atoms with van der Waals surface area (Å²) in [6.07, 6.45) is 1.42. The molecule has 3 aromatic rings. The molecular formula is C20H15N5O3. The Labute approximate surface area is 159 Å². The SMILES string of the molecule is N#Cc1ccccc1Cn1nnc2cc3c(cc2c1=O)OC1CCCN1C3=O. The van der Waals surface area contributed by atoms with Crippen molar-refractivity contribution in [2.75, 3.05) is 6.54 Å².